The predicted molar refractivity (Wildman–Crippen MR) is 228 cm³/mol. The molecule has 11 aromatic rings. The molecule has 7 heteroatoms. The fraction of sp³-hybridized carbons (Fsp3) is 0. The minimum atomic E-state index is 0.645. The molecule has 0 N–H and O–H groups in total. The Labute approximate surface area is 325 Å². The molecule has 0 fully saturated rings. The van der Waals surface area contributed by atoms with Crippen molar-refractivity contribution < 1.29 is 4.42 Å². The maximum Gasteiger partial charge on any atom is 0.180 e. The van der Waals surface area contributed by atoms with Gasteiger partial charge in [0, 0.05) is 53.4 Å². The molecule has 4 heterocycles. The van der Waals surface area contributed by atoms with Gasteiger partial charge in [-0.15, -0.1) is 11.3 Å². The Morgan fingerprint density at radius 3 is 1.62 bits per heavy atom. The van der Waals surface area contributed by atoms with Crippen molar-refractivity contribution in [1.82, 2.24) is 24.9 Å². The Kier molecular flexibility index (Phi) is 7.57. The van der Waals surface area contributed by atoms with Crippen LogP contribution in [0, 0.1) is 0 Å². The van der Waals surface area contributed by atoms with Gasteiger partial charge in [-0.3, -0.25) is 0 Å². The van der Waals surface area contributed by atoms with Crippen molar-refractivity contribution in [3.63, 3.8) is 0 Å². The first kappa shape index (κ1) is 32.1. The van der Waals surface area contributed by atoms with Crippen LogP contribution in [0.5, 0.6) is 0 Å². The standard InChI is InChI=1S/C49H29N5OS/c1-4-13-30(14-5-1)43-45-44(38-21-10-11-22-40(38)55-45)51-48(50-43)35-20-12-19-33(27-35)34-23-25-37-39-28-36(24-26-41(39)56-42(37)29-34)49-53-46(31-15-6-2-7-16-31)52-47(54-49)32-17-8-3-9-18-32/h1-29H. The first-order chi connectivity index (χ1) is 27.7. The van der Waals surface area contributed by atoms with Gasteiger partial charge in [0.2, 0.25) is 0 Å². The molecule has 262 valence electrons. The summed E-state index contributed by atoms with van der Waals surface area (Å²) in [6, 6.07) is 60.1. The summed E-state index contributed by atoms with van der Waals surface area (Å²) in [6.45, 7) is 0. The second-order valence-electron chi connectivity index (χ2n) is 13.7. The highest BCUT2D eigenvalue weighted by molar-refractivity contribution is 7.25. The van der Waals surface area contributed by atoms with Crippen molar-refractivity contribution >= 4 is 53.6 Å². The normalized spacial score (nSPS) is 11.6. The fourth-order valence-electron chi connectivity index (χ4n) is 7.38. The molecule has 0 aliphatic heterocycles. The minimum Gasteiger partial charge on any atom is -0.452 e. The third-order valence-electron chi connectivity index (χ3n) is 10.1. The van der Waals surface area contributed by atoms with E-state index < -0.39 is 0 Å². The summed E-state index contributed by atoms with van der Waals surface area (Å²) < 4.78 is 8.75. The third-order valence-corrected chi connectivity index (χ3v) is 11.3. The van der Waals surface area contributed by atoms with Gasteiger partial charge in [0.25, 0.3) is 0 Å². The average molecular weight is 736 g/mol. The molecule has 0 atom stereocenters. The first-order valence-electron chi connectivity index (χ1n) is 18.4. The summed E-state index contributed by atoms with van der Waals surface area (Å²) in [5.74, 6) is 2.60. The third kappa shape index (κ3) is 5.61. The van der Waals surface area contributed by atoms with Gasteiger partial charge in [0.1, 0.15) is 16.8 Å². The molecule has 7 aromatic carbocycles. The molecule has 0 saturated heterocycles. The maximum absolute atomic E-state index is 6.33. The second kappa shape index (κ2) is 13.2. The van der Waals surface area contributed by atoms with Gasteiger partial charge in [0.15, 0.2) is 28.9 Å². The maximum atomic E-state index is 6.33. The lowest BCUT2D eigenvalue weighted by Gasteiger charge is -2.09. The number of nitrogens with zero attached hydrogens (tertiary/aromatic N) is 5. The molecule has 0 radical (unpaired) electrons. The van der Waals surface area contributed by atoms with Crippen molar-refractivity contribution in [1.29, 1.82) is 0 Å². The Balaban J connectivity index is 0.990. The van der Waals surface area contributed by atoms with E-state index in [-0.39, 0.29) is 0 Å². The summed E-state index contributed by atoms with van der Waals surface area (Å²) >= 11 is 1.79. The van der Waals surface area contributed by atoms with Crippen LogP contribution in [0.25, 0.3) is 110 Å². The second-order valence-corrected chi connectivity index (χ2v) is 14.8. The zero-order chi connectivity index (χ0) is 37.0. The van der Waals surface area contributed by atoms with Gasteiger partial charge in [-0.2, -0.15) is 0 Å². The molecular weight excluding hydrogens is 707 g/mol. The topological polar surface area (TPSA) is 77.6 Å². The largest absolute Gasteiger partial charge is 0.452 e. The van der Waals surface area contributed by atoms with Crippen molar-refractivity contribution in [2.45, 2.75) is 0 Å². The van der Waals surface area contributed by atoms with E-state index in [1.165, 1.54) is 20.2 Å². The van der Waals surface area contributed by atoms with Crippen LogP contribution < -0.4 is 0 Å². The molecule has 0 saturated carbocycles. The van der Waals surface area contributed by atoms with Gasteiger partial charge in [-0.25, -0.2) is 24.9 Å². The van der Waals surface area contributed by atoms with Crippen molar-refractivity contribution in [2.24, 2.45) is 0 Å². The van der Waals surface area contributed by atoms with Crippen molar-refractivity contribution in [2.75, 3.05) is 0 Å². The summed E-state index contributed by atoms with van der Waals surface area (Å²) in [6.07, 6.45) is 0. The molecule has 0 unspecified atom stereocenters. The van der Waals surface area contributed by atoms with Crippen LogP contribution in [0.2, 0.25) is 0 Å². The number of fused-ring (bicyclic) bond motifs is 6. The molecule has 0 aliphatic rings. The molecule has 0 spiro atoms. The molecule has 11 rings (SSSR count). The lowest BCUT2D eigenvalue weighted by atomic mass is 10.0. The molecule has 4 aromatic heterocycles. The van der Waals surface area contributed by atoms with Gasteiger partial charge >= 0.3 is 0 Å². The monoisotopic (exact) mass is 735 g/mol. The molecule has 0 amide bonds. The first-order valence-corrected chi connectivity index (χ1v) is 19.2. The molecule has 0 bridgehead atoms. The van der Waals surface area contributed by atoms with Crippen molar-refractivity contribution in [3.05, 3.63) is 176 Å². The van der Waals surface area contributed by atoms with Crippen LogP contribution in [-0.4, -0.2) is 24.9 Å². The number of rotatable bonds is 6. The van der Waals surface area contributed by atoms with Gasteiger partial charge in [0.05, 0.1) is 0 Å². The quantitative estimate of drug-likeness (QED) is 0.169. The zero-order valence-corrected chi connectivity index (χ0v) is 30.6. The fourth-order valence-corrected chi connectivity index (χ4v) is 8.51. The van der Waals surface area contributed by atoms with Gasteiger partial charge in [-0.05, 0) is 53.6 Å². The lowest BCUT2D eigenvalue weighted by Crippen LogP contribution is -2.00. The summed E-state index contributed by atoms with van der Waals surface area (Å²) in [7, 11) is 0. The number of hydrogen-bond donors (Lipinski definition) is 0. The van der Waals surface area contributed by atoms with E-state index in [4.69, 9.17) is 29.3 Å². The smallest absolute Gasteiger partial charge is 0.180 e. The van der Waals surface area contributed by atoms with Crippen LogP contribution >= 0.6 is 11.3 Å². The number of hydrogen-bond acceptors (Lipinski definition) is 7. The van der Waals surface area contributed by atoms with E-state index in [0.29, 0.717) is 28.9 Å². The summed E-state index contributed by atoms with van der Waals surface area (Å²) in [5, 5.41) is 3.34. The Morgan fingerprint density at radius 1 is 0.339 bits per heavy atom. The van der Waals surface area contributed by atoms with E-state index in [2.05, 4.69) is 78.9 Å². The number of thiophene rings is 1. The average Bonchev–Trinajstić information content (AvgIpc) is 3.84. The van der Waals surface area contributed by atoms with Crippen LogP contribution in [-0.2, 0) is 0 Å². The Morgan fingerprint density at radius 2 is 0.893 bits per heavy atom. The predicted octanol–water partition coefficient (Wildman–Crippen LogP) is 12.9. The van der Waals surface area contributed by atoms with E-state index >= 15 is 0 Å². The molecule has 6 nitrogen and oxygen atoms in total. The SMILES string of the molecule is c1ccc(-c2nc(-c3ccccc3)nc(-c3ccc4sc5cc(-c6cccc(-c7nc(-c8ccccc8)c8oc9ccccc9c8n7)c6)ccc5c4c3)n2)cc1. The Bertz CT molecular complexity index is 3190. The highest BCUT2D eigenvalue weighted by atomic mass is 32.1. The van der Waals surface area contributed by atoms with Crippen LogP contribution in [0.1, 0.15) is 0 Å². The van der Waals surface area contributed by atoms with Gasteiger partial charge < -0.3 is 4.42 Å². The molecular formula is C49H29N5OS. The van der Waals surface area contributed by atoms with Gasteiger partial charge in [-0.1, -0.05) is 133 Å². The van der Waals surface area contributed by atoms with E-state index in [9.17, 15) is 0 Å². The van der Waals surface area contributed by atoms with E-state index in [1.54, 1.807) is 11.3 Å². The van der Waals surface area contributed by atoms with E-state index in [1.807, 2.05) is 97.1 Å². The van der Waals surface area contributed by atoms with Crippen LogP contribution in [0.4, 0.5) is 0 Å². The van der Waals surface area contributed by atoms with E-state index in [0.717, 1.165) is 61.1 Å². The highest BCUT2D eigenvalue weighted by Gasteiger charge is 2.19. The molecule has 56 heavy (non-hydrogen) atoms. The minimum absolute atomic E-state index is 0.645. The number of benzene rings is 7. The Hall–Kier alpha value is -7.35. The van der Waals surface area contributed by atoms with Crippen molar-refractivity contribution in [3.8, 4) is 67.9 Å². The zero-order valence-electron chi connectivity index (χ0n) is 29.8. The number of furan rings is 1. The number of aromatic nitrogens is 5. The number of para-hydroxylation sites is 1. The van der Waals surface area contributed by atoms with Crippen LogP contribution in [0.15, 0.2) is 180 Å². The summed E-state index contributed by atoms with van der Waals surface area (Å²) in [4.78, 5) is 25.0. The lowest BCUT2D eigenvalue weighted by molar-refractivity contribution is 0.667. The summed E-state index contributed by atoms with van der Waals surface area (Å²) in [5.41, 5.74) is 10.1. The highest BCUT2D eigenvalue weighted by Crippen LogP contribution is 2.40. The molecule has 0 aliphatic carbocycles. The van der Waals surface area contributed by atoms with Crippen LogP contribution in [0.3, 0.4) is 0 Å².